The lowest BCUT2D eigenvalue weighted by Gasteiger charge is -2.12. The first kappa shape index (κ1) is 19.5. The molecule has 30 heavy (non-hydrogen) atoms. The highest BCUT2D eigenvalue weighted by atomic mass is 35.5. The van der Waals surface area contributed by atoms with Gasteiger partial charge in [0.2, 0.25) is 5.88 Å². The third-order valence-corrected chi connectivity index (χ3v) is 4.42. The highest BCUT2D eigenvalue weighted by Crippen LogP contribution is 2.29. The normalized spacial score (nSPS) is 10.8. The van der Waals surface area contributed by atoms with Gasteiger partial charge < -0.3 is 14.8 Å². The van der Waals surface area contributed by atoms with Crippen LogP contribution in [0.5, 0.6) is 11.6 Å². The molecule has 0 aliphatic heterocycles. The summed E-state index contributed by atoms with van der Waals surface area (Å²) in [6.45, 7) is -0.0195. The molecule has 2 N–H and O–H groups in total. The predicted octanol–water partition coefficient (Wildman–Crippen LogP) is 3.38. The fraction of sp³-hybridized carbons (Fsp3) is 0.105. The van der Waals surface area contributed by atoms with Crippen LogP contribution in [0.25, 0.3) is 11.0 Å². The molecule has 3 heterocycles. The number of fused-ring (bicyclic) bond motifs is 1. The number of carbonyl (C=O) groups excluding carboxylic acids is 1. The second-order valence-corrected chi connectivity index (χ2v) is 6.43. The Morgan fingerprint density at radius 2 is 2.13 bits per heavy atom. The van der Waals surface area contributed by atoms with Crippen molar-refractivity contribution >= 4 is 34.2 Å². The number of H-pyrrole nitrogens is 1. The number of aromatic nitrogens is 5. The number of nitrogens with one attached hydrogen (secondary N) is 2. The molecule has 0 aliphatic rings. The molecular weight excluding hydrogens is 415 g/mol. The van der Waals surface area contributed by atoms with Crippen LogP contribution >= 0.6 is 11.6 Å². The molecule has 0 saturated heterocycles. The van der Waals surface area contributed by atoms with E-state index in [2.05, 4.69) is 30.5 Å². The third-order valence-electron chi connectivity index (χ3n) is 4.11. The van der Waals surface area contributed by atoms with E-state index < -0.39 is 11.7 Å². The first-order valence-corrected chi connectivity index (χ1v) is 8.99. The number of hydrogen-bond acceptors (Lipinski definition) is 7. The topological polar surface area (TPSA) is 115 Å². The summed E-state index contributed by atoms with van der Waals surface area (Å²) in [5, 5.41) is 9.71. The van der Waals surface area contributed by atoms with Gasteiger partial charge in [-0.3, -0.25) is 19.9 Å². The summed E-state index contributed by atoms with van der Waals surface area (Å²) in [5.74, 6) is -1.47. The number of pyridine rings is 1. The molecule has 0 bridgehead atoms. The van der Waals surface area contributed by atoms with Gasteiger partial charge in [-0.2, -0.15) is 0 Å². The second-order valence-electron chi connectivity index (χ2n) is 6.03. The molecule has 9 nitrogen and oxygen atoms in total. The molecule has 0 saturated carbocycles. The maximum atomic E-state index is 15.0. The molecule has 0 radical (unpaired) electrons. The van der Waals surface area contributed by atoms with Crippen molar-refractivity contribution in [3.05, 3.63) is 65.1 Å². The Bertz CT molecular complexity index is 1220. The number of aromatic amines is 1. The molecule has 0 spiro atoms. The van der Waals surface area contributed by atoms with Crippen molar-refractivity contribution in [3.8, 4) is 11.6 Å². The summed E-state index contributed by atoms with van der Waals surface area (Å²) in [5.41, 5.74) is 0.945. The van der Waals surface area contributed by atoms with E-state index in [4.69, 9.17) is 21.1 Å². The Balaban J connectivity index is 1.57. The van der Waals surface area contributed by atoms with Gasteiger partial charge in [0.1, 0.15) is 6.61 Å². The zero-order valence-electron chi connectivity index (χ0n) is 15.5. The van der Waals surface area contributed by atoms with E-state index in [1.165, 1.54) is 44.0 Å². The minimum Gasteiger partial charge on any atom is -0.484 e. The van der Waals surface area contributed by atoms with Crippen molar-refractivity contribution in [2.75, 3.05) is 12.4 Å². The standard InChI is InChI=1S/C19H14ClFN6O3/c1-29-19-12-6-10(8-24-17(12)26-27-19)25-18(28)15-13(20)2-3-14(16(15)21)30-9-11-7-22-4-5-23-11/h2-8H,9H2,1H3,(H,25,28)(H,24,26,27). The number of ether oxygens (including phenoxy) is 2. The van der Waals surface area contributed by atoms with Gasteiger partial charge in [-0.05, 0) is 18.2 Å². The lowest BCUT2D eigenvalue weighted by molar-refractivity contribution is 0.102. The molecule has 3 aromatic heterocycles. The molecule has 11 heteroatoms. The van der Waals surface area contributed by atoms with Crippen molar-refractivity contribution in [1.82, 2.24) is 25.1 Å². The van der Waals surface area contributed by atoms with Crippen molar-refractivity contribution < 1.29 is 18.7 Å². The number of nitrogens with zero attached hydrogens (tertiary/aromatic N) is 4. The average Bonchev–Trinajstić information content (AvgIpc) is 3.16. The van der Waals surface area contributed by atoms with Crippen LogP contribution in [-0.2, 0) is 6.61 Å². The molecule has 1 aromatic carbocycles. The Hall–Kier alpha value is -3.79. The van der Waals surface area contributed by atoms with Crippen LogP contribution in [0.3, 0.4) is 0 Å². The molecule has 4 aromatic rings. The molecule has 4 rings (SSSR count). The van der Waals surface area contributed by atoms with Crippen molar-refractivity contribution in [2.24, 2.45) is 0 Å². The van der Waals surface area contributed by atoms with E-state index >= 15 is 0 Å². The van der Waals surface area contributed by atoms with E-state index in [1.54, 1.807) is 6.07 Å². The number of benzene rings is 1. The van der Waals surface area contributed by atoms with Gasteiger partial charge in [-0.1, -0.05) is 11.6 Å². The molecule has 1 amide bonds. The van der Waals surface area contributed by atoms with Crippen LogP contribution in [0.4, 0.5) is 10.1 Å². The summed E-state index contributed by atoms with van der Waals surface area (Å²) < 4.78 is 25.5. The average molecular weight is 429 g/mol. The molecule has 0 aliphatic carbocycles. The largest absolute Gasteiger partial charge is 0.484 e. The molecule has 0 fully saturated rings. The van der Waals surface area contributed by atoms with E-state index in [1.807, 2.05) is 0 Å². The van der Waals surface area contributed by atoms with Gasteiger partial charge in [0, 0.05) is 12.4 Å². The quantitative estimate of drug-likeness (QED) is 0.483. The summed E-state index contributed by atoms with van der Waals surface area (Å²) >= 11 is 6.08. The zero-order chi connectivity index (χ0) is 21.1. The number of methoxy groups -OCH3 is 1. The number of carbonyl (C=O) groups is 1. The van der Waals surface area contributed by atoms with Gasteiger partial charge in [0.15, 0.2) is 17.2 Å². The van der Waals surface area contributed by atoms with Crippen LogP contribution in [-0.4, -0.2) is 38.2 Å². The Labute approximate surface area is 174 Å². The highest BCUT2D eigenvalue weighted by Gasteiger charge is 2.21. The van der Waals surface area contributed by atoms with E-state index in [-0.39, 0.29) is 22.9 Å². The highest BCUT2D eigenvalue weighted by molar-refractivity contribution is 6.34. The van der Waals surface area contributed by atoms with E-state index in [9.17, 15) is 9.18 Å². The lowest BCUT2D eigenvalue weighted by Crippen LogP contribution is -2.15. The SMILES string of the molecule is COc1n[nH]c2ncc(NC(=O)c3c(Cl)ccc(OCc4cnccn4)c3F)cc12. The lowest BCUT2D eigenvalue weighted by atomic mass is 10.1. The first-order valence-electron chi connectivity index (χ1n) is 8.62. The minimum atomic E-state index is -0.890. The molecule has 152 valence electrons. The number of halogens is 2. The van der Waals surface area contributed by atoms with Crippen LogP contribution in [0.15, 0.2) is 43.0 Å². The van der Waals surface area contributed by atoms with Crippen LogP contribution in [0.1, 0.15) is 16.1 Å². The number of rotatable bonds is 6. The van der Waals surface area contributed by atoms with Gasteiger partial charge in [0.05, 0.1) is 46.9 Å². The zero-order valence-corrected chi connectivity index (χ0v) is 16.3. The molecule has 0 atom stereocenters. The van der Waals surface area contributed by atoms with Gasteiger partial charge >= 0.3 is 0 Å². The second kappa shape index (κ2) is 8.29. The number of hydrogen-bond donors (Lipinski definition) is 2. The Kier molecular flexibility index (Phi) is 5.40. The number of amides is 1. The summed E-state index contributed by atoms with van der Waals surface area (Å²) in [6.07, 6.45) is 5.91. The van der Waals surface area contributed by atoms with Crippen molar-refractivity contribution in [3.63, 3.8) is 0 Å². The monoisotopic (exact) mass is 428 g/mol. The van der Waals surface area contributed by atoms with Gasteiger partial charge in [0.25, 0.3) is 5.91 Å². The van der Waals surface area contributed by atoms with E-state index in [0.717, 1.165) is 0 Å². The predicted molar refractivity (Wildman–Crippen MR) is 106 cm³/mol. The van der Waals surface area contributed by atoms with E-state index in [0.29, 0.717) is 28.3 Å². The van der Waals surface area contributed by atoms with Crippen LogP contribution in [0, 0.1) is 5.82 Å². The maximum Gasteiger partial charge on any atom is 0.260 e. The Morgan fingerprint density at radius 3 is 2.90 bits per heavy atom. The smallest absolute Gasteiger partial charge is 0.260 e. The molecule has 0 unspecified atom stereocenters. The van der Waals surface area contributed by atoms with Crippen LogP contribution in [0.2, 0.25) is 5.02 Å². The van der Waals surface area contributed by atoms with Gasteiger partial charge in [-0.15, -0.1) is 5.10 Å². The summed E-state index contributed by atoms with van der Waals surface area (Å²) in [6, 6.07) is 4.32. The third kappa shape index (κ3) is 3.85. The fourth-order valence-corrected chi connectivity index (χ4v) is 2.94. The minimum absolute atomic E-state index is 0.0195. The number of anilines is 1. The fourth-order valence-electron chi connectivity index (χ4n) is 2.71. The summed E-state index contributed by atoms with van der Waals surface area (Å²) in [7, 11) is 1.46. The van der Waals surface area contributed by atoms with Crippen molar-refractivity contribution in [1.29, 1.82) is 0 Å². The molecular formula is C19H14ClFN6O3. The first-order chi connectivity index (χ1) is 14.6. The summed E-state index contributed by atoms with van der Waals surface area (Å²) in [4.78, 5) is 24.8. The Morgan fingerprint density at radius 1 is 1.27 bits per heavy atom. The van der Waals surface area contributed by atoms with Gasteiger partial charge in [-0.25, -0.2) is 9.37 Å². The maximum absolute atomic E-state index is 15.0. The van der Waals surface area contributed by atoms with Crippen molar-refractivity contribution in [2.45, 2.75) is 6.61 Å². The van der Waals surface area contributed by atoms with Crippen LogP contribution < -0.4 is 14.8 Å².